The van der Waals surface area contributed by atoms with Crippen molar-refractivity contribution in [2.75, 3.05) is 6.54 Å². The maximum Gasteiger partial charge on any atom is 0.269 e. The van der Waals surface area contributed by atoms with Crippen molar-refractivity contribution in [2.45, 2.75) is 25.3 Å². The minimum absolute atomic E-state index is 0. The van der Waals surface area contributed by atoms with Gasteiger partial charge in [-0.25, -0.2) is 4.98 Å². The number of nitrogens with one attached hydrogen (secondary N) is 1. The highest BCUT2D eigenvalue weighted by molar-refractivity contribution is 5.92. The molecule has 96 valence electrons. The molecule has 0 spiro atoms. The van der Waals surface area contributed by atoms with E-state index in [1.807, 2.05) is 7.05 Å². The zero-order valence-electron chi connectivity index (χ0n) is 9.93. The summed E-state index contributed by atoms with van der Waals surface area (Å²) < 4.78 is 1.72. The van der Waals surface area contributed by atoms with Crippen molar-refractivity contribution in [3.05, 3.63) is 18.2 Å². The van der Waals surface area contributed by atoms with Gasteiger partial charge in [-0.1, -0.05) is 6.42 Å². The topological polar surface area (TPSA) is 72.9 Å². The van der Waals surface area contributed by atoms with Gasteiger partial charge in [0.2, 0.25) is 0 Å². The number of carbonyl (C=O) groups excluding carboxylic acids is 1. The van der Waals surface area contributed by atoms with E-state index >= 15 is 0 Å². The fourth-order valence-electron chi connectivity index (χ4n) is 2.33. The molecule has 1 amide bonds. The Labute approximate surface area is 107 Å². The van der Waals surface area contributed by atoms with Crippen molar-refractivity contribution in [1.29, 1.82) is 0 Å². The smallest absolute Gasteiger partial charge is 0.269 e. The zero-order chi connectivity index (χ0) is 11.5. The first-order chi connectivity index (χ1) is 7.72. The molecule has 3 N–H and O–H groups in total. The van der Waals surface area contributed by atoms with Crippen LogP contribution in [0.4, 0.5) is 0 Å². The quantitative estimate of drug-likeness (QED) is 0.838. The monoisotopic (exact) mass is 258 g/mol. The lowest BCUT2D eigenvalue weighted by atomic mass is 10.0. The molecule has 17 heavy (non-hydrogen) atoms. The zero-order valence-corrected chi connectivity index (χ0v) is 10.7. The molecule has 0 aliphatic heterocycles. The number of nitrogens with zero attached hydrogens (tertiary/aromatic N) is 2. The number of hydrogen-bond donors (Lipinski definition) is 2. The lowest BCUT2D eigenvalue weighted by Gasteiger charge is -2.19. The summed E-state index contributed by atoms with van der Waals surface area (Å²) in [6, 6.07) is 0.229. The lowest BCUT2D eigenvalue weighted by molar-refractivity contribution is 0.0920. The molecule has 2 atom stereocenters. The highest BCUT2D eigenvalue weighted by atomic mass is 35.5. The van der Waals surface area contributed by atoms with Crippen molar-refractivity contribution in [3.63, 3.8) is 0 Å². The number of aromatic nitrogens is 2. The van der Waals surface area contributed by atoms with E-state index in [1.54, 1.807) is 17.1 Å². The molecule has 1 aliphatic rings. The first-order valence-electron chi connectivity index (χ1n) is 5.69. The van der Waals surface area contributed by atoms with Crippen LogP contribution >= 0.6 is 12.4 Å². The van der Waals surface area contributed by atoms with Gasteiger partial charge in [0, 0.05) is 13.1 Å². The Morgan fingerprint density at radius 1 is 1.65 bits per heavy atom. The molecule has 2 unspecified atom stereocenters. The van der Waals surface area contributed by atoms with Crippen molar-refractivity contribution in [3.8, 4) is 0 Å². The van der Waals surface area contributed by atoms with Crippen molar-refractivity contribution >= 4 is 18.3 Å². The number of aryl methyl sites for hydroxylation is 1. The summed E-state index contributed by atoms with van der Waals surface area (Å²) in [6.07, 6.45) is 6.52. The number of rotatable bonds is 3. The molecule has 0 saturated heterocycles. The van der Waals surface area contributed by atoms with Crippen LogP contribution in [0.2, 0.25) is 0 Å². The summed E-state index contributed by atoms with van der Waals surface area (Å²) in [5.74, 6) is 0.377. The van der Waals surface area contributed by atoms with E-state index in [9.17, 15) is 4.79 Å². The predicted octanol–water partition coefficient (Wildman–Crippen LogP) is 0.699. The van der Waals surface area contributed by atoms with E-state index in [2.05, 4.69) is 10.3 Å². The van der Waals surface area contributed by atoms with Gasteiger partial charge in [-0.2, -0.15) is 0 Å². The standard InChI is InChI=1S/C11H18N4O.ClH/c1-15-7-13-6-10(15)11(16)14-9-4-2-3-8(9)5-12;/h6-9H,2-5,12H2,1H3,(H,14,16);1H. The fourth-order valence-corrected chi connectivity index (χ4v) is 2.33. The Balaban J connectivity index is 0.00000144. The summed E-state index contributed by atoms with van der Waals surface area (Å²) in [6.45, 7) is 0.649. The van der Waals surface area contributed by atoms with Crippen molar-refractivity contribution < 1.29 is 4.79 Å². The van der Waals surface area contributed by atoms with E-state index < -0.39 is 0 Å². The number of imidazole rings is 1. The van der Waals surface area contributed by atoms with E-state index in [1.165, 1.54) is 0 Å². The maximum absolute atomic E-state index is 11.9. The summed E-state index contributed by atoms with van der Waals surface area (Å²) in [4.78, 5) is 15.9. The second kappa shape index (κ2) is 6.02. The van der Waals surface area contributed by atoms with Crippen LogP contribution < -0.4 is 11.1 Å². The van der Waals surface area contributed by atoms with Crippen LogP contribution in [0.3, 0.4) is 0 Å². The van der Waals surface area contributed by atoms with Crippen LogP contribution in [-0.2, 0) is 7.05 Å². The minimum atomic E-state index is -0.0506. The summed E-state index contributed by atoms with van der Waals surface area (Å²) in [7, 11) is 1.82. The molecular weight excluding hydrogens is 240 g/mol. The molecule has 1 aromatic rings. The Kier molecular flexibility index (Phi) is 4.96. The molecule has 5 nitrogen and oxygen atoms in total. The van der Waals surface area contributed by atoms with Crippen LogP contribution in [0.15, 0.2) is 12.5 Å². The van der Waals surface area contributed by atoms with Crippen LogP contribution in [0, 0.1) is 5.92 Å². The third-order valence-corrected chi connectivity index (χ3v) is 3.33. The van der Waals surface area contributed by atoms with Gasteiger partial charge in [-0.15, -0.1) is 12.4 Å². The van der Waals surface area contributed by atoms with E-state index in [0.717, 1.165) is 19.3 Å². The third-order valence-electron chi connectivity index (χ3n) is 3.33. The van der Waals surface area contributed by atoms with Gasteiger partial charge in [-0.3, -0.25) is 4.79 Å². The molecular formula is C11H19ClN4O. The van der Waals surface area contributed by atoms with E-state index in [4.69, 9.17) is 5.73 Å². The first-order valence-corrected chi connectivity index (χ1v) is 5.69. The maximum atomic E-state index is 11.9. The number of carbonyl (C=O) groups is 1. The van der Waals surface area contributed by atoms with Crippen molar-refractivity contribution in [2.24, 2.45) is 18.7 Å². The third kappa shape index (κ3) is 2.98. The Hall–Kier alpha value is -1.07. The molecule has 1 fully saturated rings. The van der Waals surface area contributed by atoms with Gasteiger partial charge < -0.3 is 15.6 Å². The average molecular weight is 259 g/mol. The molecule has 0 aromatic carbocycles. The predicted molar refractivity (Wildman–Crippen MR) is 68.1 cm³/mol. The van der Waals surface area contributed by atoms with Crippen LogP contribution in [0.5, 0.6) is 0 Å². The second-order valence-electron chi connectivity index (χ2n) is 4.40. The van der Waals surface area contributed by atoms with Gasteiger partial charge in [0.15, 0.2) is 0 Å². The lowest BCUT2D eigenvalue weighted by Crippen LogP contribution is -2.40. The largest absolute Gasteiger partial charge is 0.348 e. The fraction of sp³-hybridized carbons (Fsp3) is 0.636. The number of amides is 1. The van der Waals surface area contributed by atoms with Crippen LogP contribution in [0.25, 0.3) is 0 Å². The summed E-state index contributed by atoms with van der Waals surface area (Å²) in [5.41, 5.74) is 6.28. The van der Waals surface area contributed by atoms with Crippen molar-refractivity contribution in [1.82, 2.24) is 14.9 Å². The Morgan fingerprint density at radius 3 is 3.00 bits per heavy atom. The van der Waals surface area contributed by atoms with Gasteiger partial charge in [0.25, 0.3) is 5.91 Å². The van der Waals surface area contributed by atoms with Gasteiger partial charge in [0.1, 0.15) is 5.69 Å². The summed E-state index contributed by atoms with van der Waals surface area (Å²) in [5, 5.41) is 3.04. The molecule has 1 aliphatic carbocycles. The molecule has 6 heteroatoms. The molecule has 0 radical (unpaired) electrons. The Bertz CT molecular complexity index is 379. The number of hydrogen-bond acceptors (Lipinski definition) is 3. The normalized spacial score (nSPS) is 23.2. The van der Waals surface area contributed by atoms with Crippen LogP contribution in [0.1, 0.15) is 29.8 Å². The molecule has 2 rings (SSSR count). The van der Waals surface area contributed by atoms with Gasteiger partial charge in [0.05, 0.1) is 12.5 Å². The molecule has 1 heterocycles. The Morgan fingerprint density at radius 2 is 2.41 bits per heavy atom. The molecule has 1 aromatic heterocycles. The first kappa shape index (κ1) is 14.0. The van der Waals surface area contributed by atoms with Gasteiger partial charge in [-0.05, 0) is 25.3 Å². The van der Waals surface area contributed by atoms with Crippen LogP contribution in [-0.4, -0.2) is 28.0 Å². The average Bonchev–Trinajstić information content (AvgIpc) is 2.86. The highest BCUT2D eigenvalue weighted by Crippen LogP contribution is 2.24. The molecule has 1 saturated carbocycles. The van der Waals surface area contributed by atoms with Gasteiger partial charge >= 0.3 is 0 Å². The van der Waals surface area contributed by atoms with E-state index in [0.29, 0.717) is 18.2 Å². The number of nitrogens with two attached hydrogens (primary N) is 1. The SMILES string of the molecule is Cl.Cn1cncc1C(=O)NC1CCCC1CN. The summed E-state index contributed by atoms with van der Waals surface area (Å²) >= 11 is 0. The second-order valence-corrected chi connectivity index (χ2v) is 4.40. The highest BCUT2D eigenvalue weighted by Gasteiger charge is 2.28. The number of halogens is 1. The minimum Gasteiger partial charge on any atom is -0.348 e. The van der Waals surface area contributed by atoms with E-state index in [-0.39, 0.29) is 24.4 Å². The molecule has 0 bridgehead atoms.